The minimum absolute atomic E-state index is 0.000500. The molecule has 0 unspecified atom stereocenters. The van der Waals surface area contributed by atoms with Gasteiger partial charge in [0.05, 0.1) is 17.0 Å². The first-order valence-corrected chi connectivity index (χ1v) is 16.0. The molecule has 2 aliphatic carbocycles. The molecule has 2 saturated carbocycles. The van der Waals surface area contributed by atoms with E-state index in [1.54, 1.807) is 0 Å². The summed E-state index contributed by atoms with van der Waals surface area (Å²) in [7, 11) is 0. The van der Waals surface area contributed by atoms with Crippen LogP contribution in [0.25, 0.3) is 11.2 Å². The summed E-state index contributed by atoms with van der Waals surface area (Å²) in [5, 5.41) is 4.77. The van der Waals surface area contributed by atoms with Crippen LogP contribution >= 0.6 is 0 Å². The van der Waals surface area contributed by atoms with E-state index in [1.165, 1.54) is 0 Å². The molecule has 0 spiro atoms. The van der Waals surface area contributed by atoms with Gasteiger partial charge in [0.1, 0.15) is 16.8 Å². The quantitative estimate of drug-likeness (QED) is 0.184. The molecule has 2 amide bonds. The second kappa shape index (κ2) is 14.4. The van der Waals surface area contributed by atoms with Crippen molar-refractivity contribution >= 4 is 23.0 Å². The molecule has 8 nitrogen and oxygen atoms in total. The Kier molecular flexibility index (Phi) is 10.8. The van der Waals surface area contributed by atoms with E-state index in [1.807, 2.05) is 0 Å². The van der Waals surface area contributed by atoms with Crippen LogP contribution in [0, 0.1) is 11.3 Å². The van der Waals surface area contributed by atoms with E-state index in [2.05, 4.69) is 25.6 Å². The van der Waals surface area contributed by atoms with Crippen LogP contribution in [0.5, 0.6) is 5.88 Å². The van der Waals surface area contributed by atoms with E-state index in [-0.39, 0.29) is 72.2 Å². The lowest BCUT2D eigenvalue weighted by molar-refractivity contribution is -0.220. The summed E-state index contributed by atoms with van der Waals surface area (Å²) < 4.78 is 154. The average molecular weight is 744 g/mol. The van der Waals surface area contributed by atoms with Crippen molar-refractivity contribution < 1.29 is 62.6 Å². The van der Waals surface area contributed by atoms with Gasteiger partial charge in [0, 0.05) is 19.0 Å². The predicted molar refractivity (Wildman–Crippen MR) is 158 cm³/mol. The third kappa shape index (κ3) is 8.65. The Hall–Kier alpha value is -4.19. The number of ether oxygens (including phenoxy) is 1. The number of H-pyrrole nitrogens is 1. The van der Waals surface area contributed by atoms with Gasteiger partial charge in [0.15, 0.2) is 12.3 Å². The Morgan fingerprint density at radius 3 is 2.20 bits per heavy atom. The fourth-order valence-electron chi connectivity index (χ4n) is 6.63. The van der Waals surface area contributed by atoms with Crippen LogP contribution < -0.4 is 15.4 Å². The number of carbonyl (C=O) groups excluding carboxylic acids is 2. The minimum Gasteiger partial charge on any atom is -0.471 e. The van der Waals surface area contributed by atoms with E-state index in [0.717, 1.165) is 18.2 Å². The first-order valence-electron chi connectivity index (χ1n) is 16.0. The van der Waals surface area contributed by atoms with Gasteiger partial charge in [-0.2, -0.15) is 44.5 Å². The molecule has 0 bridgehead atoms. The van der Waals surface area contributed by atoms with Gasteiger partial charge < -0.3 is 20.4 Å². The predicted octanol–water partition coefficient (Wildman–Crippen LogP) is 7.80. The van der Waals surface area contributed by atoms with E-state index >= 15 is 0 Å². The molecule has 0 aliphatic heterocycles. The normalized spacial score (nSPS) is 19.8. The highest BCUT2D eigenvalue weighted by atomic mass is 19.4. The summed E-state index contributed by atoms with van der Waals surface area (Å²) in [6, 6.07) is 3.25. The zero-order valence-electron chi connectivity index (χ0n) is 26.6. The van der Waals surface area contributed by atoms with Crippen molar-refractivity contribution in [3.8, 4) is 5.88 Å². The largest absolute Gasteiger partial charge is 0.471 e. The lowest BCUT2D eigenvalue weighted by Gasteiger charge is -2.30. The molecular formula is C32H32F11N5O3. The second-order valence-electron chi connectivity index (χ2n) is 12.8. The Bertz CT molecular complexity index is 1720. The third-order valence-electron chi connectivity index (χ3n) is 9.32. The molecule has 2 aromatic heterocycles. The highest BCUT2D eigenvalue weighted by Crippen LogP contribution is 2.50. The van der Waals surface area contributed by atoms with Crippen molar-refractivity contribution in [2.24, 2.45) is 11.3 Å². The van der Waals surface area contributed by atoms with E-state index < -0.39 is 98.0 Å². The number of fused-ring (bicyclic) bond motifs is 1. The number of halogens is 11. The fourth-order valence-corrected chi connectivity index (χ4v) is 6.63. The van der Waals surface area contributed by atoms with Crippen LogP contribution in [0.3, 0.4) is 0 Å². The zero-order chi connectivity index (χ0) is 37.4. The Morgan fingerprint density at radius 2 is 1.61 bits per heavy atom. The number of aromatic amines is 1. The molecule has 280 valence electrons. The molecule has 3 N–H and O–H groups in total. The molecule has 19 heteroatoms. The minimum atomic E-state index is -4.87. The maximum absolute atomic E-state index is 14.0. The van der Waals surface area contributed by atoms with E-state index in [0.29, 0.717) is 6.07 Å². The maximum Gasteiger partial charge on any atom is 0.416 e. The molecule has 1 aromatic carbocycles. The van der Waals surface area contributed by atoms with Gasteiger partial charge in [-0.1, -0.05) is 25.0 Å². The van der Waals surface area contributed by atoms with Crippen LogP contribution in [0.4, 0.5) is 48.3 Å². The summed E-state index contributed by atoms with van der Waals surface area (Å²) in [6.45, 7) is -1.68. The molecule has 0 radical (unpaired) electrons. The number of benzene rings is 1. The monoisotopic (exact) mass is 743 g/mol. The number of pyridine rings is 1. The number of carbonyl (C=O) groups is 2. The third-order valence-corrected chi connectivity index (χ3v) is 9.32. The summed E-state index contributed by atoms with van der Waals surface area (Å²) in [6.07, 6.45) is -18.5. The van der Waals surface area contributed by atoms with Crippen LogP contribution in [-0.2, 0) is 23.9 Å². The number of aromatic nitrogens is 3. The molecule has 0 atom stereocenters. The number of hydrogen-bond acceptors (Lipinski definition) is 5. The summed E-state index contributed by atoms with van der Waals surface area (Å²) in [5.74, 6) is -4.40. The van der Waals surface area contributed by atoms with Crippen LogP contribution in [0.2, 0.25) is 0 Å². The van der Waals surface area contributed by atoms with Crippen LogP contribution in [-0.4, -0.2) is 58.2 Å². The van der Waals surface area contributed by atoms with Gasteiger partial charge in [0.2, 0.25) is 11.8 Å². The van der Waals surface area contributed by atoms with Crippen molar-refractivity contribution in [1.29, 1.82) is 0 Å². The Morgan fingerprint density at radius 1 is 0.941 bits per heavy atom. The molecule has 0 saturated heterocycles. The average Bonchev–Trinajstić information content (AvgIpc) is 3.69. The van der Waals surface area contributed by atoms with Gasteiger partial charge in [0.25, 0.3) is 12.3 Å². The zero-order valence-corrected chi connectivity index (χ0v) is 26.6. The summed E-state index contributed by atoms with van der Waals surface area (Å²) >= 11 is 0. The standard InChI is InChI=1S/C32H32F11N5O3/c33-23(34)15-51-27-20(26(49)45-19-6-4-18(5-7-19)30(35,36)37)13-22-25(48-27)47-24(46-22)12-17-11-16(3-8-21(17)31(38,39)40)14-44-28(50)29(32(41,42)43)9-1-2-10-29/h3,8,11,13,18-19,23H,1-2,4-7,9-10,12,14-15H2,(H,44,50)(H,45,49)(H,46,47,48). The molecular weight excluding hydrogens is 711 g/mol. The number of nitrogens with one attached hydrogen (secondary N) is 3. The van der Waals surface area contributed by atoms with Gasteiger partial charge in [-0.25, -0.2) is 13.8 Å². The van der Waals surface area contributed by atoms with Crippen molar-refractivity contribution in [1.82, 2.24) is 25.6 Å². The molecule has 2 aliphatic rings. The molecule has 3 aromatic rings. The second-order valence-corrected chi connectivity index (χ2v) is 12.8. The van der Waals surface area contributed by atoms with Gasteiger partial charge in [-0.3, -0.25) is 9.59 Å². The summed E-state index contributed by atoms with van der Waals surface area (Å²) in [4.78, 5) is 36.7. The highest BCUT2D eigenvalue weighted by Gasteiger charge is 2.60. The van der Waals surface area contributed by atoms with Crippen molar-refractivity contribution in [3.63, 3.8) is 0 Å². The number of imidazole rings is 1. The number of nitrogens with zero attached hydrogens (tertiary/aromatic N) is 2. The molecule has 2 fully saturated rings. The summed E-state index contributed by atoms with van der Waals surface area (Å²) in [5.41, 5.74) is -4.58. The SMILES string of the molecule is O=C(NC1CCC(C(F)(F)F)CC1)c1cc2[nH]c(Cc3cc(CNC(=O)C4(C(F)(F)F)CCCC4)ccc3C(F)(F)F)nc2nc1OCC(F)F. The number of hydrogen-bond donors (Lipinski definition) is 3. The molecule has 2 heterocycles. The fraction of sp³-hybridized carbons (Fsp3) is 0.562. The van der Waals surface area contributed by atoms with E-state index in [4.69, 9.17) is 4.74 Å². The lowest BCUT2D eigenvalue weighted by Crippen LogP contribution is -2.48. The van der Waals surface area contributed by atoms with E-state index in [9.17, 15) is 57.9 Å². The maximum atomic E-state index is 14.0. The molecule has 5 rings (SSSR count). The number of rotatable bonds is 10. The molecule has 51 heavy (non-hydrogen) atoms. The van der Waals surface area contributed by atoms with Gasteiger partial charge in [-0.15, -0.1) is 0 Å². The number of amides is 2. The Labute approximate surface area is 282 Å². The smallest absolute Gasteiger partial charge is 0.416 e. The van der Waals surface area contributed by atoms with Crippen molar-refractivity contribution in [2.75, 3.05) is 6.61 Å². The van der Waals surface area contributed by atoms with Crippen molar-refractivity contribution in [2.45, 2.75) is 95.3 Å². The lowest BCUT2D eigenvalue weighted by atomic mass is 9.84. The Balaban J connectivity index is 1.38. The topological polar surface area (TPSA) is 109 Å². The first kappa shape index (κ1) is 38.1. The number of alkyl halides is 11. The van der Waals surface area contributed by atoms with Gasteiger partial charge in [-0.05, 0) is 61.8 Å². The van der Waals surface area contributed by atoms with Crippen LogP contribution in [0.15, 0.2) is 24.3 Å². The van der Waals surface area contributed by atoms with Crippen molar-refractivity contribution in [3.05, 3.63) is 52.3 Å². The van der Waals surface area contributed by atoms with Gasteiger partial charge >= 0.3 is 18.5 Å². The first-order chi connectivity index (χ1) is 23.8. The van der Waals surface area contributed by atoms with Crippen LogP contribution in [0.1, 0.15) is 84.2 Å². The highest BCUT2D eigenvalue weighted by molar-refractivity contribution is 5.99.